The van der Waals surface area contributed by atoms with Crippen molar-refractivity contribution in [2.45, 2.75) is 18.3 Å². The highest BCUT2D eigenvalue weighted by Crippen LogP contribution is 2.20. The Morgan fingerprint density at radius 3 is 2.50 bits per heavy atom. The topological polar surface area (TPSA) is 79.5 Å². The number of rotatable bonds is 6. The van der Waals surface area contributed by atoms with Crippen LogP contribution in [0.15, 0.2) is 53.1 Å². The minimum Gasteiger partial charge on any atom is -0.466 e. The van der Waals surface area contributed by atoms with Gasteiger partial charge >= 0.3 is 0 Å². The third-order valence-corrected chi connectivity index (χ3v) is 4.19. The maximum Gasteiger partial charge on any atom is 0.215 e. The lowest BCUT2D eigenvalue weighted by molar-refractivity contribution is 0.0395. The Balaban J connectivity index is 1.99. The number of furan rings is 1. The molecule has 0 bridgehead atoms. The molecule has 2 N–H and O–H groups in total. The molecular weight excluding hydrogens is 278 g/mol. The molecule has 2 rings (SSSR count). The van der Waals surface area contributed by atoms with Gasteiger partial charge in [0.2, 0.25) is 10.0 Å². The number of aliphatic hydroxyl groups is 1. The van der Waals surface area contributed by atoms with Crippen molar-refractivity contribution in [3.63, 3.8) is 0 Å². The summed E-state index contributed by atoms with van der Waals surface area (Å²) in [6, 6.07) is 12.1. The average Bonchev–Trinajstić information content (AvgIpc) is 2.92. The smallest absolute Gasteiger partial charge is 0.215 e. The number of nitrogens with one attached hydrogen (secondary N) is 1. The quantitative estimate of drug-likeness (QED) is 0.848. The summed E-state index contributed by atoms with van der Waals surface area (Å²) in [4.78, 5) is 0. The highest BCUT2D eigenvalue weighted by molar-refractivity contribution is 7.88. The van der Waals surface area contributed by atoms with Crippen LogP contribution in [0.2, 0.25) is 0 Å². The SMILES string of the molecule is C[C@@](O)(CNS(=O)(=O)Cc1ccccc1)c1ccco1. The lowest BCUT2D eigenvalue weighted by Gasteiger charge is -2.21. The van der Waals surface area contributed by atoms with Gasteiger partial charge in [-0.1, -0.05) is 30.3 Å². The maximum atomic E-state index is 12.0. The molecule has 5 nitrogen and oxygen atoms in total. The van der Waals surface area contributed by atoms with E-state index in [9.17, 15) is 13.5 Å². The second-order valence-corrected chi connectivity index (χ2v) is 6.62. The summed E-state index contributed by atoms with van der Waals surface area (Å²) >= 11 is 0. The Labute approximate surface area is 118 Å². The van der Waals surface area contributed by atoms with Crippen LogP contribution in [0.25, 0.3) is 0 Å². The molecule has 0 radical (unpaired) electrons. The largest absolute Gasteiger partial charge is 0.466 e. The van der Waals surface area contributed by atoms with E-state index in [1.54, 1.807) is 36.4 Å². The van der Waals surface area contributed by atoms with Gasteiger partial charge in [0.1, 0.15) is 11.4 Å². The predicted molar refractivity (Wildman–Crippen MR) is 75.3 cm³/mol. The first kappa shape index (κ1) is 14.8. The molecule has 0 unspecified atom stereocenters. The van der Waals surface area contributed by atoms with Gasteiger partial charge in [-0.3, -0.25) is 0 Å². The number of hydrogen-bond acceptors (Lipinski definition) is 4. The molecular formula is C14H17NO4S. The van der Waals surface area contributed by atoms with Gasteiger partial charge in [0.05, 0.1) is 12.0 Å². The van der Waals surface area contributed by atoms with Crippen LogP contribution in [0.3, 0.4) is 0 Å². The average molecular weight is 295 g/mol. The number of hydrogen-bond donors (Lipinski definition) is 2. The fourth-order valence-electron chi connectivity index (χ4n) is 1.77. The van der Waals surface area contributed by atoms with Gasteiger partial charge in [-0.2, -0.15) is 0 Å². The van der Waals surface area contributed by atoms with Gasteiger partial charge in [0.25, 0.3) is 0 Å². The van der Waals surface area contributed by atoms with E-state index in [1.807, 2.05) is 6.07 Å². The van der Waals surface area contributed by atoms with Gasteiger partial charge in [-0.25, -0.2) is 13.1 Å². The summed E-state index contributed by atoms with van der Waals surface area (Å²) in [7, 11) is -3.51. The molecule has 0 saturated carbocycles. The Morgan fingerprint density at radius 1 is 1.20 bits per heavy atom. The van der Waals surface area contributed by atoms with Crippen LogP contribution in [-0.2, 0) is 21.4 Å². The van der Waals surface area contributed by atoms with Crippen molar-refractivity contribution in [3.8, 4) is 0 Å². The van der Waals surface area contributed by atoms with Crippen LogP contribution >= 0.6 is 0 Å². The van der Waals surface area contributed by atoms with Crippen LogP contribution in [0.5, 0.6) is 0 Å². The van der Waals surface area contributed by atoms with Crippen LogP contribution in [0.4, 0.5) is 0 Å². The van der Waals surface area contributed by atoms with E-state index in [1.165, 1.54) is 13.2 Å². The molecule has 1 aromatic heterocycles. The highest BCUT2D eigenvalue weighted by Gasteiger charge is 2.28. The van der Waals surface area contributed by atoms with Crippen LogP contribution in [0, 0.1) is 0 Å². The molecule has 1 atom stereocenters. The summed E-state index contributed by atoms with van der Waals surface area (Å²) < 4.78 is 31.4. The summed E-state index contributed by atoms with van der Waals surface area (Å²) in [5.41, 5.74) is -0.689. The van der Waals surface area contributed by atoms with Gasteiger partial charge in [-0.15, -0.1) is 0 Å². The minimum atomic E-state index is -3.51. The molecule has 0 amide bonds. The normalized spacial score (nSPS) is 14.9. The molecule has 1 aromatic carbocycles. The van der Waals surface area contributed by atoms with Gasteiger partial charge < -0.3 is 9.52 Å². The first-order valence-corrected chi connectivity index (χ1v) is 7.82. The molecule has 0 spiro atoms. The Kier molecular flexibility index (Phi) is 4.27. The van der Waals surface area contributed by atoms with Gasteiger partial charge in [0.15, 0.2) is 0 Å². The van der Waals surface area contributed by atoms with Crippen molar-refractivity contribution in [2.24, 2.45) is 0 Å². The summed E-state index contributed by atoms with van der Waals surface area (Å²) in [6.07, 6.45) is 1.43. The third-order valence-electron chi connectivity index (χ3n) is 2.89. The van der Waals surface area contributed by atoms with Gasteiger partial charge in [0, 0.05) is 6.54 Å². The second-order valence-electron chi connectivity index (χ2n) is 4.82. The van der Waals surface area contributed by atoms with Crippen LogP contribution < -0.4 is 4.72 Å². The van der Waals surface area contributed by atoms with Crippen LogP contribution in [-0.4, -0.2) is 20.1 Å². The van der Waals surface area contributed by atoms with E-state index < -0.39 is 15.6 Å². The van der Waals surface area contributed by atoms with Crippen molar-refractivity contribution >= 4 is 10.0 Å². The Bertz CT molecular complexity index is 633. The number of sulfonamides is 1. The van der Waals surface area contributed by atoms with Gasteiger partial charge in [-0.05, 0) is 24.6 Å². The molecule has 0 fully saturated rings. The number of benzene rings is 1. The molecule has 0 saturated heterocycles. The molecule has 6 heteroatoms. The monoisotopic (exact) mass is 295 g/mol. The fraction of sp³-hybridized carbons (Fsp3) is 0.286. The van der Waals surface area contributed by atoms with E-state index in [0.29, 0.717) is 11.3 Å². The lowest BCUT2D eigenvalue weighted by atomic mass is 10.1. The van der Waals surface area contributed by atoms with E-state index in [-0.39, 0.29) is 12.3 Å². The first-order chi connectivity index (χ1) is 9.39. The fourth-order valence-corrected chi connectivity index (χ4v) is 3.00. The van der Waals surface area contributed by atoms with Crippen molar-refractivity contribution in [2.75, 3.05) is 6.54 Å². The van der Waals surface area contributed by atoms with E-state index >= 15 is 0 Å². The predicted octanol–water partition coefficient (Wildman–Crippen LogP) is 1.61. The lowest BCUT2D eigenvalue weighted by Crippen LogP contribution is -2.38. The zero-order valence-corrected chi connectivity index (χ0v) is 11.9. The summed E-state index contributed by atoms with van der Waals surface area (Å²) in [6.45, 7) is 1.35. The van der Waals surface area contributed by atoms with Crippen molar-refractivity contribution in [3.05, 3.63) is 60.1 Å². The zero-order valence-electron chi connectivity index (χ0n) is 11.1. The first-order valence-electron chi connectivity index (χ1n) is 6.17. The second kappa shape index (κ2) is 5.78. The highest BCUT2D eigenvalue weighted by atomic mass is 32.2. The molecule has 0 aliphatic heterocycles. The van der Waals surface area contributed by atoms with E-state index in [0.717, 1.165) is 0 Å². The van der Waals surface area contributed by atoms with Crippen molar-refractivity contribution < 1.29 is 17.9 Å². The molecule has 108 valence electrons. The van der Waals surface area contributed by atoms with E-state index in [2.05, 4.69) is 4.72 Å². The molecule has 1 heterocycles. The summed E-state index contributed by atoms with van der Waals surface area (Å²) in [5.74, 6) is 0.196. The third kappa shape index (κ3) is 3.93. The molecule has 2 aromatic rings. The zero-order chi connectivity index (χ0) is 14.6. The van der Waals surface area contributed by atoms with Crippen molar-refractivity contribution in [1.29, 1.82) is 0 Å². The standard InChI is InChI=1S/C14H17NO4S/c1-14(16,13-8-5-9-19-13)11-15-20(17,18)10-12-6-3-2-4-7-12/h2-9,15-16H,10-11H2,1H3/t14-/m1/s1. The van der Waals surface area contributed by atoms with Crippen LogP contribution in [0.1, 0.15) is 18.2 Å². The Hall–Kier alpha value is -1.63. The molecule has 0 aliphatic rings. The summed E-state index contributed by atoms with van der Waals surface area (Å²) in [5, 5.41) is 10.2. The van der Waals surface area contributed by atoms with E-state index in [4.69, 9.17) is 4.42 Å². The molecule has 20 heavy (non-hydrogen) atoms. The molecule has 0 aliphatic carbocycles. The minimum absolute atomic E-state index is 0.123. The Morgan fingerprint density at radius 2 is 1.90 bits per heavy atom. The van der Waals surface area contributed by atoms with Crippen molar-refractivity contribution in [1.82, 2.24) is 4.72 Å². The maximum absolute atomic E-state index is 12.0.